The second-order valence-corrected chi connectivity index (χ2v) is 24.6. The van der Waals surface area contributed by atoms with Crippen molar-refractivity contribution >= 4 is 28.8 Å². The van der Waals surface area contributed by atoms with Crippen molar-refractivity contribution in [1.82, 2.24) is 0 Å². The second-order valence-electron chi connectivity index (χ2n) is 13.6. The first kappa shape index (κ1) is 27.9. The predicted molar refractivity (Wildman–Crippen MR) is 155 cm³/mol. The molecule has 2 nitrogen and oxygen atoms in total. The van der Waals surface area contributed by atoms with Gasteiger partial charge in [-0.25, -0.2) is 0 Å². The van der Waals surface area contributed by atoms with Crippen LogP contribution in [-0.4, -0.2) is 16.6 Å². The molecule has 0 heterocycles. The maximum atomic E-state index is 7.08. The third-order valence-electron chi connectivity index (χ3n) is 8.95. The van der Waals surface area contributed by atoms with Gasteiger partial charge in [0.15, 0.2) is 0 Å². The molecule has 0 saturated carbocycles. The molecule has 2 aromatic rings. The van der Waals surface area contributed by atoms with E-state index in [9.17, 15) is 0 Å². The van der Waals surface area contributed by atoms with Gasteiger partial charge in [0.2, 0.25) is 0 Å². The zero-order valence-corrected chi connectivity index (χ0v) is 28.3. The van der Waals surface area contributed by atoms with Gasteiger partial charge in [-0.3, -0.25) is 0 Å². The van der Waals surface area contributed by atoms with Crippen molar-refractivity contribution in [3.63, 3.8) is 0 Å². The fourth-order valence-corrected chi connectivity index (χ4v) is 8.51. The Kier molecular flexibility index (Phi) is 7.38. The van der Waals surface area contributed by atoms with Crippen LogP contribution in [0, 0.1) is 0 Å². The van der Waals surface area contributed by atoms with Crippen molar-refractivity contribution in [1.29, 1.82) is 0 Å². The summed E-state index contributed by atoms with van der Waals surface area (Å²) in [6, 6.07) is 17.8. The van der Waals surface area contributed by atoms with E-state index >= 15 is 0 Å². The van der Waals surface area contributed by atoms with E-state index in [0.717, 1.165) is 0 Å². The third-order valence-corrected chi connectivity index (χ3v) is 19.3. The summed E-state index contributed by atoms with van der Waals surface area (Å²) in [6.45, 7) is 23.4. The number of rotatable bonds is 6. The van der Waals surface area contributed by atoms with E-state index in [1.165, 1.54) is 58.5 Å². The monoisotopic (exact) mass is 593 g/mol. The molecule has 2 aliphatic rings. The number of benzene rings is 2. The predicted octanol–water partition coefficient (Wildman–Crippen LogP) is 9.64. The van der Waals surface area contributed by atoms with Crippen molar-refractivity contribution < 1.29 is 33.6 Å². The van der Waals surface area contributed by atoms with E-state index < -0.39 is 16.6 Å². The average molecular weight is 595 g/mol. The first-order chi connectivity index (χ1) is 16.5. The number of allylic oxidation sites excluding steroid dienone is 2. The van der Waals surface area contributed by atoms with E-state index in [4.69, 9.17) is 8.85 Å². The quantitative estimate of drug-likeness (QED) is 0.310. The Morgan fingerprint density at radius 1 is 0.639 bits per heavy atom. The van der Waals surface area contributed by atoms with Crippen LogP contribution in [0.25, 0.3) is 12.2 Å². The average Bonchev–Trinajstić information content (AvgIpc) is 3.28. The first-order valence-electron chi connectivity index (χ1n) is 13.2. The molecule has 0 saturated heterocycles. The Hall–Kier alpha value is -1.16. The summed E-state index contributed by atoms with van der Waals surface area (Å²) in [5, 5.41) is 0.306. The number of fused-ring (bicyclic) bond motifs is 2. The molecule has 0 fully saturated rings. The number of hydrogen-bond acceptors (Lipinski definition) is 2. The molecule has 2 aliphatic carbocycles. The molecule has 36 heavy (non-hydrogen) atoms. The summed E-state index contributed by atoms with van der Waals surface area (Å²) in [7, 11) is -3.97. The van der Waals surface area contributed by atoms with Crippen LogP contribution in [0.4, 0.5) is 0 Å². The Morgan fingerprint density at radius 3 is 1.31 bits per heavy atom. The van der Waals surface area contributed by atoms with E-state index in [0.29, 0.717) is 3.63 Å². The molecule has 0 spiro atoms. The molecular weight excluding hydrogens is 552 g/mol. The van der Waals surface area contributed by atoms with E-state index in [1.54, 1.807) is 0 Å². The zero-order valence-electron chi connectivity index (χ0n) is 23.8. The van der Waals surface area contributed by atoms with Gasteiger partial charge in [-0.1, -0.05) is 0 Å². The zero-order chi connectivity index (χ0) is 26.7. The van der Waals surface area contributed by atoms with Gasteiger partial charge < -0.3 is 0 Å². The van der Waals surface area contributed by atoms with Gasteiger partial charge in [0.05, 0.1) is 0 Å². The van der Waals surface area contributed by atoms with Gasteiger partial charge in [0.1, 0.15) is 0 Å². The van der Waals surface area contributed by atoms with E-state index in [-0.39, 0.29) is 21.9 Å². The van der Waals surface area contributed by atoms with Crippen molar-refractivity contribution in [3.8, 4) is 0 Å². The van der Waals surface area contributed by atoms with Crippen LogP contribution in [0.1, 0.15) is 75.6 Å². The molecule has 2 aromatic carbocycles. The van der Waals surface area contributed by atoms with Crippen LogP contribution in [0.3, 0.4) is 0 Å². The van der Waals surface area contributed by atoms with Crippen LogP contribution < -0.4 is 0 Å². The molecule has 4 rings (SSSR count). The van der Waals surface area contributed by atoms with Crippen molar-refractivity contribution in [2.45, 2.75) is 93.3 Å². The minimum atomic E-state index is -1.99. The Labute approximate surface area is 236 Å². The molecule has 0 aromatic heterocycles. The first-order valence-corrected chi connectivity index (χ1v) is 20.5. The van der Waals surface area contributed by atoms with Gasteiger partial charge in [0, 0.05) is 0 Å². The molecule has 0 bridgehead atoms. The van der Waals surface area contributed by atoms with Crippen molar-refractivity contribution in [2.75, 3.05) is 0 Å². The third kappa shape index (κ3) is 5.09. The SMILES string of the molecule is CC(C)(C)[Si](C)(C)OC1=Cc2ccccc2C1[CH]([Zr])C1C(O[Si](C)(C)C(C)(C)C)=Cc2ccccc21. The summed E-state index contributed by atoms with van der Waals surface area (Å²) in [6.07, 6.45) is 4.66. The normalized spacial score (nSPS) is 20.8. The molecule has 5 heteroatoms. The van der Waals surface area contributed by atoms with Crippen LogP contribution in [0.2, 0.25) is 39.9 Å². The Balaban J connectivity index is 1.77. The van der Waals surface area contributed by atoms with Gasteiger partial charge in [-0.15, -0.1) is 0 Å². The van der Waals surface area contributed by atoms with Crippen LogP contribution in [0.5, 0.6) is 0 Å². The molecule has 2 atom stereocenters. The molecule has 0 amide bonds. The van der Waals surface area contributed by atoms with Gasteiger partial charge in [0.25, 0.3) is 0 Å². The van der Waals surface area contributed by atoms with Gasteiger partial charge in [-0.05, 0) is 0 Å². The standard InChI is InChI=1S/C31H43O2Si2.Zr/c1-30(2,3)34(7,8)32-28-19-22-15-11-13-17-24(22)26(28)21-27-25-18-14-12-16-23(25)20-29(27)33-35(9,10)31(4,5)6;/h11-21,26-27H,1-10H3;. The molecule has 2 unspecified atom stereocenters. The van der Waals surface area contributed by atoms with Crippen LogP contribution >= 0.6 is 0 Å². The Bertz CT molecular complexity index is 1100. The molecule has 0 radical (unpaired) electrons. The molecule has 0 aliphatic heterocycles. The summed E-state index contributed by atoms with van der Waals surface area (Å²) >= 11 is 1.52. The fourth-order valence-electron chi connectivity index (χ4n) is 4.66. The van der Waals surface area contributed by atoms with Crippen LogP contribution in [-0.2, 0) is 33.6 Å². The van der Waals surface area contributed by atoms with Gasteiger partial charge in [-0.2, -0.15) is 0 Å². The second kappa shape index (κ2) is 9.54. The molecular formula is C31H43O2Si2Zr. The summed E-state index contributed by atoms with van der Waals surface area (Å²) in [4.78, 5) is 0. The van der Waals surface area contributed by atoms with E-state index in [1.807, 2.05) is 0 Å². The van der Waals surface area contributed by atoms with E-state index in [2.05, 4.69) is 128 Å². The number of hydrogen-bond donors (Lipinski definition) is 0. The van der Waals surface area contributed by atoms with Crippen molar-refractivity contribution in [3.05, 3.63) is 82.3 Å². The van der Waals surface area contributed by atoms with Crippen LogP contribution in [0.15, 0.2) is 60.0 Å². The minimum absolute atomic E-state index is 0.153. The molecule has 0 N–H and O–H groups in total. The molecule has 191 valence electrons. The fraction of sp³-hybridized carbons (Fsp3) is 0.484. The maximum absolute atomic E-state index is 7.08. The summed E-state index contributed by atoms with van der Waals surface area (Å²) in [5.41, 5.74) is 5.43. The Morgan fingerprint density at radius 2 is 0.972 bits per heavy atom. The summed E-state index contributed by atoms with van der Waals surface area (Å²) < 4.78 is 14.5. The van der Waals surface area contributed by atoms with Gasteiger partial charge >= 0.3 is 238 Å². The summed E-state index contributed by atoms with van der Waals surface area (Å²) in [5.74, 6) is 2.83. The van der Waals surface area contributed by atoms with Crippen molar-refractivity contribution in [2.24, 2.45) is 0 Å². The topological polar surface area (TPSA) is 18.5 Å².